The third-order valence-electron chi connectivity index (χ3n) is 2.97. The first kappa shape index (κ1) is 18.1. The Morgan fingerprint density at radius 1 is 1.54 bits per heavy atom. The van der Waals surface area contributed by atoms with E-state index in [0.717, 1.165) is 0 Å². The van der Waals surface area contributed by atoms with Crippen molar-refractivity contribution in [1.29, 1.82) is 0 Å². The number of rotatable bonds is 8. The minimum atomic E-state index is -0.989. The molecule has 1 unspecified atom stereocenters. The molecule has 1 aliphatic rings. The van der Waals surface area contributed by atoms with Gasteiger partial charge in [0, 0.05) is 31.1 Å². The molecule has 1 atom stereocenters. The van der Waals surface area contributed by atoms with Gasteiger partial charge in [0.05, 0.1) is 6.42 Å². The summed E-state index contributed by atoms with van der Waals surface area (Å²) in [5.41, 5.74) is 0. The first-order valence-corrected chi connectivity index (χ1v) is 8.82. The molecule has 2 rings (SSSR count). The summed E-state index contributed by atoms with van der Waals surface area (Å²) in [5, 5.41) is 13.3. The van der Waals surface area contributed by atoms with Gasteiger partial charge in [-0.1, -0.05) is 17.8 Å². The lowest BCUT2D eigenvalue weighted by Crippen LogP contribution is -2.35. The fourth-order valence-electron chi connectivity index (χ4n) is 1.92. The predicted molar refractivity (Wildman–Crippen MR) is 92.4 cm³/mol. The Labute approximate surface area is 146 Å². The monoisotopic (exact) mass is 368 g/mol. The molecule has 0 bridgehead atoms. The molecule has 1 aliphatic heterocycles. The van der Waals surface area contributed by atoms with Crippen LogP contribution in [0.5, 0.6) is 0 Å². The number of amidine groups is 1. The third-order valence-corrected chi connectivity index (χ3v) is 4.81. The summed E-state index contributed by atoms with van der Waals surface area (Å²) in [7, 11) is 0. The van der Waals surface area contributed by atoms with E-state index in [1.165, 1.54) is 28.0 Å². The average molecular weight is 368 g/mol. The maximum Gasteiger partial charge on any atom is 0.305 e. The number of nitrogens with one attached hydrogen (secondary N) is 1. The Morgan fingerprint density at radius 3 is 2.96 bits per heavy atom. The Morgan fingerprint density at radius 2 is 2.33 bits per heavy atom. The van der Waals surface area contributed by atoms with E-state index in [0.29, 0.717) is 16.8 Å². The van der Waals surface area contributed by atoms with Crippen molar-refractivity contribution in [3.63, 3.8) is 0 Å². The van der Waals surface area contributed by atoms with Gasteiger partial charge >= 0.3 is 5.97 Å². The Kier molecular flexibility index (Phi) is 6.50. The molecule has 0 radical (unpaired) electrons. The van der Waals surface area contributed by atoms with Gasteiger partial charge in [0.25, 0.3) is 0 Å². The lowest BCUT2D eigenvalue weighted by atomic mass is 10.2. The molecule has 1 saturated heterocycles. The van der Waals surface area contributed by atoms with Crippen molar-refractivity contribution in [3.05, 3.63) is 24.2 Å². The number of carboxylic acids is 1. The van der Waals surface area contributed by atoms with Crippen LogP contribution in [0.4, 0.5) is 5.13 Å². The molecule has 2 N–H and O–H groups in total. The van der Waals surface area contributed by atoms with Crippen molar-refractivity contribution in [2.45, 2.75) is 18.1 Å². The van der Waals surface area contributed by atoms with Crippen molar-refractivity contribution >= 4 is 51.2 Å². The molecule has 1 aromatic rings. The van der Waals surface area contributed by atoms with Crippen LogP contribution in [0.2, 0.25) is 0 Å². The number of thioether (sulfide) groups is 1. The molecule has 2 amide bonds. The first-order valence-electron chi connectivity index (χ1n) is 7.07. The normalized spacial score (nSPS) is 18.8. The van der Waals surface area contributed by atoms with E-state index in [4.69, 9.17) is 5.11 Å². The smallest absolute Gasteiger partial charge is 0.305 e. The zero-order chi connectivity index (χ0) is 17.5. The molecule has 8 nitrogen and oxygen atoms in total. The number of carbonyl (C=O) groups is 3. The minimum absolute atomic E-state index is 0.0341. The number of amides is 2. The Hall–Kier alpha value is -2.20. The van der Waals surface area contributed by atoms with Crippen molar-refractivity contribution in [3.8, 4) is 0 Å². The van der Waals surface area contributed by atoms with E-state index < -0.39 is 11.2 Å². The highest BCUT2D eigenvalue weighted by atomic mass is 32.2. The van der Waals surface area contributed by atoms with Crippen LogP contribution < -0.4 is 5.32 Å². The van der Waals surface area contributed by atoms with Gasteiger partial charge in [-0.25, -0.2) is 4.98 Å². The van der Waals surface area contributed by atoms with Gasteiger partial charge in [0.15, 0.2) is 5.17 Å². The van der Waals surface area contributed by atoms with Gasteiger partial charge in [0.1, 0.15) is 5.25 Å². The Bertz CT molecular complexity index is 660. The fourth-order valence-corrected chi connectivity index (χ4v) is 3.63. The van der Waals surface area contributed by atoms with Gasteiger partial charge in [-0.3, -0.25) is 19.3 Å². The highest BCUT2D eigenvalue weighted by Gasteiger charge is 2.38. The molecule has 1 fully saturated rings. The lowest BCUT2D eigenvalue weighted by molar-refractivity contribution is -0.137. The zero-order valence-electron chi connectivity index (χ0n) is 12.7. The molecule has 2 heterocycles. The van der Waals surface area contributed by atoms with Crippen molar-refractivity contribution in [2.75, 3.05) is 13.1 Å². The molecule has 1 aromatic heterocycles. The van der Waals surface area contributed by atoms with Crippen LogP contribution in [0, 0.1) is 0 Å². The second kappa shape index (κ2) is 8.60. The van der Waals surface area contributed by atoms with E-state index in [-0.39, 0.29) is 31.2 Å². The van der Waals surface area contributed by atoms with E-state index in [9.17, 15) is 14.4 Å². The molecule has 0 aliphatic carbocycles. The van der Waals surface area contributed by atoms with Gasteiger partial charge in [-0.05, 0) is 0 Å². The quantitative estimate of drug-likeness (QED) is 0.668. The number of aliphatic imine (C=N–C) groups is 1. The second-order valence-corrected chi connectivity index (χ2v) is 6.79. The standard InChI is InChI=1S/C14H16N4O4S2/c1-2-6-18-12(22)9(8-10(19)15-4-3-11(20)21)24-14(18)17-13-16-5-7-23-13/h2,5,7,9H,1,3-4,6,8H2,(H,15,19)(H,20,21)/b17-14+. The van der Waals surface area contributed by atoms with E-state index in [1.807, 2.05) is 0 Å². The maximum atomic E-state index is 12.4. The lowest BCUT2D eigenvalue weighted by Gasteiger charge is -2.13. The summed E-state index contributed by atoms with van der Waals surface area (Å²) in [6.07, 6.45) is 3.02. The van der Waals surface area contributed by atoms with E-state index in [1.54, 1.807) is 17.7 Å². The summed E-state index contributed by atoms with van der Waals surface area (Å²) in [6, 6.07) is 0. The molecule has 0 saturated carbocycles. The summed E-state index contributed by atoms with van der Waals surface area (Å²) >= 11 is 2.55. The van der Waals surface area contributed by atoms with Gasteiger partial charge in [0.2, 0.25) is 16.9 Å². The van der Waals surface area contributed by atoms with E-state index in [2.05, 4.69) is 21.9 Å². The topological polar surface area (TPSA) is 112 Å². The molecule has 0 spiro atoms. The summed E-state index contributed by atoms with van der Waals surface area (Å²) < 4.78 is 0. The van der Waals surface area contributed by atoms with Crippen LogP contribution >= 0.6 is 23.1 Å². The van der Waals surface area contributed by atoms with Crippen LogP contribution in [0.1, 0.15) is 12.8 Å². The highest BCUT2D eigenvalue weighted by molar-refractivity contribution is 8.15. The number of aliphatic carboxylic acids is 1. The largest absolute Gasteiger partial charge is 0.481 e. The molecule has 128 valence electrons. The van der Waals surface area contributed by atoms with Crippen LogP contribution in [-0.2, 0) is 14.4 Å². The maximum absolute atomic E-state index is 12.4. The van der Waals surface area contributed by atoms with Crippen LogP contribution in [0.25, 0.3) is 0 Å². The predicted octanol–water partition coefficient (Wildman–Crippen LogP) is 1.24. The molecule has 10 heteroatoms. The Balaban J connectivity index is 2.01. The van der Waals surface area contributed by atoms with Gasteiger partial charge < -0.3 is 10.4 Å². The minimum Gasteiger partial charge on any atom is -0.481 e. The first-order chi connectivity index (χ1) is 11.5. The highest BCUT2D eigenvalue weighted by Crippen LogP contribution is 2.31. The van der Waals surface area contributed by atoms with Crippen molar-refractivity contribution in [2.24, 2.45) is 4.99 Å². The summed E-state index contributed by atoms with van der Waals surface area (Å²) in [6.45, 7) is 3.96. The fraction of sp³-hybridized carbons (Fsp3) is 0.357. The van der Waals surface area contributed by atoms with Crippen LogP contribution in [0.3, 0.4) is 0 Å². The number of thiazole rings is 1. The third kappa shape index (κ3) is 4.90. The molecule has 0 aromatic carbocycles. The number of hydrogen-bond acceptors (Lipinski definition) is 7. The molecular formula is C14H16N4O4S2. The van der Waals surface area contributed by atoms with Gasteiger partial charge in [-0.2, -0.15) is 4.99 Å². The van der Waals surface area contributed by atoms with Crippen LogP contribution in [-0.4, -0.2) is 56.3 Å². The molecule has 24 heavy (non-hydrogen) atoms. The zero-order valence-corrected chi connectivity index (χ0v) is 14.3. The van der Waals surface area contributed by atoms with Crippen molar-refractivity contribution < 1.29 is 19.5 Å². The summed E-state index contributed by atoms with van der Waals surface area (Å²) in [4.78, 5) is 44.6. The molecular weight excluding hydrogens is 352 g/mol. The average Bonchev–Trinajstić information content (AvgIpc) is 3.11. The number of carboxylic acid groups (broad SMARTS) is 1. The van der Waals surface area contributed by atoms with Gasteiger partial charge in [-0.15, -0.1) is 17.9 Å². The number of nitrogens with zero attached hydrogens (tertiary/aromatic N) is 3. The SMILES string of the molecule is C=CCN1C(=O)C(CC(=O)NCCC(=O)O)S/C1=N/c1nccs1. The van der Waals surface area contributed by atoms with Crippen molar-refractivity contribution in [1.82, 2.24) is 15.2 Å². The number of hydrogen-bond donors (Lipinski definition) is 2. The number of aromatic nitrogens is 1. The van der Waals surface area contributed by atoms with Crippen LogP contribution in [0.15, 0.2) is 29.2 Å². The number of carbonyl (C=O) groups excluding carboxylic acids is 2. The second-order valence-electron chi connectivity index (χ2n) is 4.75. The van der Waals surface area contributed by atoms with E-state index >= 15 is 0 Å². The summed E-state index contributed by atoms with van der Waals surface area (Å²) in [5.74, 6) is -1.57.